The van der Waals surface area contributed by atoms with Gasteiger partial charge in [-0.3, -0.25) is 0 Å². The molecule has 78 valence electrons. The maximum absolute atomic E-state index is 9.61. The van der Waals surface area contributed by atoms with E-state index >= 15 is 0 Å². The molecule has 1 heterocycles. The van der Waals surface area contributed by atoms with Gasteiger partial charge in [-0.25, -0.2) is 9.97 Å². The average Bonchev–Trinajstić information content (AvgIpc) is 2.18. The van der Waals surface area contributed by atoms with Crippen molar-refractivity contribution in [3.05, 3.63) is 23.8 Å². The summed E-state index contributed by atoms with van der Waals surface area (Å²) >= 11 is 0. The Hall–Kier alpha value is -0.960. The molecule has 0 bridgehead atoms. The Balaban J connectivity index is 2.57. The molecule has 1 aromatic rings. The zero-order chi connectivity index (χ0) is 10.4. The molecule has 0 aliphatic rings. The Morgan fingerprint density at radius 3 is 2.64 bits per heavy atom. The SMILES string of the molecule is CCCC(O)Cc1cc(CC)ncn1. The molecule has 3 nitrogen and oxygen atoms in total. The van der Waals surface area contributed by atoms with E-state index in [1.807, 2.05) is 6.07 Å². The second kappa shape index (κ2) is 5.70. The summed E-state index contributed by atoms with van der Waals surface area (Å²) < 4.78 is 0. The van der Waals surface area contributed by atoms with Gasteiger partial charge in [0.15, 0.2) is 0 Å². The van der Waals surface area contributed by atoms with Crippen LogP contribution in [0.5, 0.6) is 0 Å². The predicted molar refractivity (Wildman–Crippen MR) is 56.0 cm³/mol. The fourth-order valence-corrected chi connectivity index (χ4v) is 1.43. The first-order chi connectivity index (χ1) is 6.76. The fourth-order valence-electron chi connectivity index (χ4n) is 1.43. The molecule has 0 aliphatic heterocycles. The molecule has 0 radical (unpaired) electrons. The summed E-state index contributed by atoms with van der Waals surface area (Å²) in [5.74, 6) is 0. The van der Waals surface area contributed by atoms with E-state index in [9.17, 15) is 5.11 Å². The molecule has 1 N–H and O–H groups in total. The minimum absolute atomic E-state index is 0.264. The lowest BCUT2D eigenvalue weighted by Gasteiger charge is -2.08. The van der Waals surface area contributed by atoms with Crippen molar-refractivity contribution in [2.75, 3.05) is 0 Å². The van der Waals surface area contributed by atoms with Gasteiger partial charge in [-0.1, -0.05) is 20.3 Å². The molecular weight excluding hydrogens is 176 g/mol. The Kier molecular flexibility index (Phi) is 4.53. The van der Waals surface area contributed by atoms with Crippen LogP contribution in [0.15, 0.2) is 12.4 Å². The smallest absolute Gasteiger partial charge is 0.115 e. The first-order valence-electron chi connectivity index (χ1n) is 5.24. The Bertz CT molecular complexity index is 276. The van der Waals surface area contributed by atoms with E-state index in [-0.39, 0.29) is 6.10 Å². The van der Waals surface area contributed by atoms with Gasteiger partial charge in [-0.2, -0.15) is 0 Å². The molecule has 1 rings (SSSR count). The zero-order valence-corrected chi connectivity index (χ0v) is 8.90. The van der Waals surface area contributed by atoms with Crippen LogP contribution in [0.2, 0.25) is 0 Å². The van der Waals surface area contributed by atoms with Crippen LogP contribution in [0.3, 0.4) is 0 Å². The van der Waals surface area contributed by atoms with Crippen LogP contribution in [-0.4, -0.2) is 21.2 Å². The minimum Gasteiger partial charge on any atom is -0.393 e. The van der Waals surface area contributed by atoms with Crippen molar-refractivity contribution in [3.8, 4) is 0 Å². The topological polar surface area (TPSA) is 46.0 Å². The van der Waals surface area contributed by atoms with Gasteiger partial charge in [-0.15, -0.1) is 0 Å². The number of aromatic nitrogens is 2. The lowest BCUT2D eigenvalue weighted by molar-refractivity contribution is 0.162. The van der Waals surface area contributed by atoms with E-state index in [0.717, 1.165) is 30.7 Å². The lowest BCUT2D eigenvalue weighted by Crippen LogP contribution is -2.11. The van der Waals surface area contributed by atoms with Gasteiger partial charge in [-0.05, 0) is 18.9 Å². The van der Waals surface area contributed by atoms with Crippen LogP contribution in [0.1, 0.15) is 38.1 Å². The maximum Gasteiger partial charge on any atom is 0.115 e. The van der Waals surface area contributed by atoms with Crippen LogP contribution >= 0.6 is 0 Å². The molecule has 1 atom stereocenters. The normalized spacial score (nSPS) is 12.8. The molecule has 0 aliphatic carbocycles. The van der Waals surface area contributed by atoms with Crippen molar-refractivity contribution in [2.24, 2.45) is 0 Å². The number of nitrogens with zero attached hydrogens (tertiary/aromatic N) is 2. The molecular formula is C11H18N2O. The number of aliphatic hydroxyl groups excluding tert-OH is 1. The number of aryl methyl sites for hydroxylation is 1. The molecule has 0 saturated heterocycles. The molecule has 0 saturated carbocycles. The van der Waals surface area contributed by atoms with E-state index in [2.05, 4.69) is 23.8 Å². The van der Waals surface area contributed by atoms with Crippen molar-refractivity contribution < 1.29 is 5.11 Å². The van der Waals surface area contributed by atoms with Gasteiger partial charge < -0.3 is 5.11 Å². The number of rotatable bonds is 5. The molecule has 1 unspecified atom stereocenters. The number of hydrogen-bond donors (Lipinski definition) is 1. The summed E-state index contributed by atoms with van der Waals surface area (Å²) in [6, 6.07) is 1.97. The molecule has 14 heavy (non-hydrogen) atoms. The quantitative estimate of drug-likeness (QED) is 0.776. The summed E-state index contributed by atoms with van der Waals surface area (Å²) in [7, 11) is 0. The number of hydrogen-bond acceptors (Lipinski definition) is 3. The average molecular weight is 194 g/mol. The largest absolute Gasteiger partial charge is 0.393 e. The highest BCUT2D eigenvalue weighted by Gasteiger charge is 2.05. The summed E-state index contributed by atoms with van der Waals surface area (Å²) in [5.41, 5.74) is 1.98. The van der Waals surface area contributed by atoms with Gasteiger partial charge in [0.05, 0.1) is 6.10 Å². The van der Waals surface area contributed by atoms with Gasteiger partial charge >= 0.3 is 0 Å². The third-order valence-corrected chi connectivity index (χ3v) is 2.21. The van der Waals surface area contributed by atoms with Crippen LogP contribution < -0.4 is 0 Å². The van der Waals surface area contributed by atoms with Crippen molar-refractivity contribution in [2.45, 2.75) is 45.6 Å². The lowest BCUT2D eigenvalue weighted by atomic mass is 10.1. The molecule has 0 spiro atoms. The Morgan fingerprint density at radius 2 is 2.00 bits per heavy atom. The fraction of sp³-hybridized carbons (Fsp3) is 0.636. The van der Waals surface area contributed by atoms with E-state index in [1.54, 1.807) is 6.33 Å². The first-order valence-corrected chi connectivity index (χ1v) is 5.24. The standard InChI is InChI=1S/C11H18N2O/c1-3-5-11(14)7-10-6-9(4-2)12-8-13-10/h6,8,11,14H,3-5,7H2,1-2H3. The minimum atomic E-state index is -0.264. The monoisotopic (exact) mass is 194 g/mol. The van der Waals surface area contributed by atoms with Crippen LogP contribution in [0.25, 0.3) is 0 Å². The van der Waals surface area contributed by atoms with Crippen molar-refractivity contribution >= 4 is 0 Å². The summed E-state index contributed by atoms with van der Waals surface area (Å²) in [6.07, 6.45) is 4.72. The Labute approximate surface area is 85.2 Å². The Morgan fingerprint density at radius 1 is 1.29 bits per heavy atom. The van der Waals surface area contributed by atoms with E-state index in [0.29, 0.717) is 6.42 Å². The van der Waals surface area contributed by atoms with E-state index in [4.69, 9.17) is 0 Å². The third kappa shape index (κ3) is 3.42. The second-order valence-corrected chi connectivity index (χ2v) is 3.50. The molecule has 0 fully saturated rings. The van der Waals surface area contributed by atoms with E-state index in [1.165, 1.54) is 0 Å². The molecule has 3 heteroatoms. The highest BCUT2D eigenvalue weighted by molar-refractivity contribution is 5.08. The first kappa shape index (κ1) is 11.1. The second-order valence-electron chi connectivity index (χ2n) is 3.50. The predicted octanol–water partition coefficient (Wildman–Crippen LogP) is 1.74. The summed E-state index contributed by atoms with van der Waals surface area (Å²) in [4.78, 5) is 8.26. The summed E-state index contributed by atoms with van der Waals surface area (Å²) in [6.45, 7) is 4.13. The van der Waals surface area contributed by atoms with Gasteiger partial charge in [0.1, 0.15) is 6.33 Å². The van der Waals surface area contributed by atoms with Gasteiger partial charge in [0.2, 0.25) is 0 Å². The highest BCUT2D eigenvalue weighted by Crippen LogP contribution is 2.06. The van der Waals surface area contributed by atoms with Crippen LogP contribution in [-0.2, 0) is 12.8 Å². The van der Waals surface area contributed by atoms with Gasteiger partial charge in [0.25, 0.3) is 0 Å². The highest BCUT2D eigenvalue weighted by atomic mass is 16.3. The molecule has 0 amide bonds. The third-order valence-electron chi connectivity index (χ3n) is 2.21. The molecule has 1 aromatic heterocycles. The van der Waals surface area contributed by atoms with Crippen LogP contribution in [0, 0.1) is 0 Å². The molecule has 0 aromatic carbocycles. The summed E-state index contributed by atoms with van der Waals surface area (Å²) in [5, 5.41) is 9.61. The number of aliphatic hydroxyl groups is 1. The van der Waals surface area contributed by atoms with Crippen molar-refractivity contribution in [1.29, 1.82) is 0 Å². The van der Waals surface area contributed by atoms with Crippen molar-refractivity contribution in [3.63, 3.8) is 0 Å². The van der Waals surface area contributed by atoms with Crippen molar-refractivity contribution in [1.82, 2.24) is 9.97 Å². The van der Waals surface area contributed by atoms with E-state index < -0.39 is 0 Å². The van der Waals surface area contributed by atoms with Gasteiger partial charge in [0, 0.05) is 17.8 Å². The zero-order valence-electron chi connectivity index (χ0n) is 8.90. The van der Waals surface area contributed by atoms with Crippen LogP contribution in [0.4, 0.5) is 0 Å². The maximum atomic E-state index is 9.61.